The van der Waals surface area contributed by atoms with Crippen molar-refractivity contribution in [2.75, 3.05) is 42.6 Å². The third-order valence-corrected chi connectivity index (χ3v) is 4.38. The van der Waals surface area contributed by atoms with Gasteiger partial charge in [-0.25, -0.2) is 0 Å². The van der Waals surface area contributed by atoms with Crippen LogP contribution in [-0.2, 0) is 11.2 Å². The van der Waals surface area contributed by atoms with Gasteiger partial charge in [-0.05, 0) is 25.0 Å². The molecule has 7 nitrogen and oxygen atoms in total. The average Bonchev–Trinajstić information content (AvgIpc) is 3.11. The molecule has 0 aliphatic carbocycles. The van der Waals surface area contributed by atoms with Gasteiger partial charge in [-0.1, -0.05) is 0 Å². The molecule has 2 aromatic heterocycles. The lowest BCUT2D eigenvalue weighted by Gasteiger charge is -2.29. The highest BCUT2D eigenvalue weighted by Gasteiger charge is 2.26. The van der Waals surface area contributed by atoms with Crippen LogP contribution in [0.5, 0.6) is 0 Å². The normalized spacial score (nSPS) is 17.9. The van der Waals surface area contributed by atoms with Crippen molar-refractivity contribution in [3.8, 4) is 0 Å². The van der Waals surface area contributed by atoms with Crippen molar-refractivity contribution in [1.29, 1.82) is 0 Å². The van der Waals surface area contributed by atoms with Gasteiger partial charge in [-0.3, -0.25) is 14.9 Å². The molecule has 120 valence electrons. The predicted molar refractivity (Wildman–Crippen MR) is 85.9 cm³/mol. The van der Waals surface area contributed by atoms with Gasteiger partial charge in [0.15, 0.2) is 0 Å². The Morgan fingerprint density at radius 3 is 3.00 bits per heavy atom. The molecule has 23 heavy (non-hydrogen) atoms. The number of H-pyrrole nitrogens is 1. The summed E-state index contributed by atoms with van der Waals surface area (Å²) < 4.78 is 5.38. The van der Waals surface area contributed by atoms with E-state index >= 15 is 0 Å². The third-order valence-electron chi connectivity index (χ3n) is 4.38. The zero-order valence-electron chi connectivity index (χ0n) is 12.9. The van der Waals surface area contributed by atoms with Crippen LogP contribution in [0, 0.1) is 0 Å². The standard InChI is InChI=1S/C16H19N5O2/c22-16(21-5-1-2-13-15(21)11-18-19-13)14-10-12(3-4-17-14)20-6-8-23-9-7-20/h3-4,10-11H,1-2,5-9H2,(H,18,19). The fourth-order valence-electron chi connectivity index (χ4n) is 3.16. The lowest BCUT2D eigenvalue weighted by molar-refractivity contribution is 0.0980. The summed E-state index contributed by atoms with van der Waals surface area (Å²) in [5, 5.41) is 7.03. The minimum absolute atomic E-state index is 0.0672. The van der Waals surface area contributed by atoms with E-state index in [9.17, 15) is 4.79 Å². The van der Waals surface area contributed by atoms with E-state index in [0.717, 1.165) is 56.2 Å². The monoisotopic (exact) mass is 313 g/mol. The van der Waals surface area contributed by atoms with Crippen molar-refractivity contribution in [2.24, 2.45) is 0 Å². The van der Waals surface area contributed by atoms with E-state index in [4.69, 9.17) is 4.74 Å². The number of pyridine rings is 1. The number of ether oxygens (including phenoxy) is 1. The van der Waals surface area contributed by atoms with Crippen LogP contribution in [0.4, 0.5) is 11.4 Å². The minimum atomic E-state index is -0.0672. The van der Waals surface area contributed by atoms with Gasteiger partial charge in [-0.2, -0.15) is 5.10 Å². The van der Waals surface area contributed by atoms with Gasteiger partial charge in [-0.15, -0.1) is 0 Å². The maximum Gasteiger partial charge on any atom is 0.277 e. The molecule has 1 saturated heterocycles. The number of amides is 1. The second-order valence-corrected chi connectivity index (χ2v) is 5.79. The zero-order chi connectivity index (χ0) is 15.6. The molecular weight excluding hydrogens is 294 g/mol. The fourth-order valence-corrected chi connectivity index (χ4v) is 3.16. The number of aromatic nitrogens is 3. The van der Waals surface area contributed by atoms with Crippen LogP contribution in [0.2, 0.25) is 0 Å². The summed E-state index contributed by atoms with van der Waals surface area (Å²) in [7, 11) is 0. The van der Waals surface area contributed by atoms with E-state index in [2.05, 4.69) is 20.1 Å². The number of carbonyl (C=O) groups excluding carboxylic acids is 1. The molecule has 1 N–H and O–H groups in total. The molecule has 0 unspecified atom stereocenters. The minimum Gasteiger partial charge on any atom is -0.378 e. The Morgan fingerprint density at radius 1 is 1.26 bits per heavy atom. The summed E-state index contributed by atoms with van der Waals surface area (Å²) in [6.45, 7) is 3.82. The Labute approximate surface area is 134 Å². The molecule has 0 saturated carbocycles. The molecule has 1 amide bonds. The molecule has 0 spiro atoms. The molecule has 1 fully saturated rings. The molecule has 0 radical (unpaired) electrons. The Morgan fingerprint density at radius 2 is 2.13 bits per heavy atom. The highest BCUT2D eigenvalue weighted by molar-refractivity contribution is 6.05. The maximum absolute atomic E-state index is 12.9. The van der Waals surface area contributed by atoms with E-state index in [0.29, 0.717) is 12.2 Å². The summed E-state index contributed by atoms with van der Waals surface area (Å²) in [4.78, 5) is 21.2. The predicted octanol–water partition coefficient (Wildman–Crippen LogP) is 1.23. The van der Waals surface area contributed by atoms with E-state index in [1.165, 1.54) is 0 Å². The van der Waals surface area contributed by atoms with E-state index in [1.807, 2.05) is 12.1 Å². The lowest BCUT2D eigenvalue weighted by atomic mass is 10.1. The van der Waals surface area contributed by atoms with E-state index < -0.39 is 0 Å². The SMILES string of the molecule is O=C(c1cc(N2CCOCC2)ccn1)N1CCCc2[nH]ncc21. The quantitative estimate of drug-likeness (QED) is 0.903. The van der Waals surface area contributed by atoms with Crippen LogP contribution in [0.15, 0.2) is 24.5 Å². The summed E-state index contributed by atoms with van der Waals surface area (Å²) in [5.41, 5.74) is 3.40. The number of aromatic amines is 1. The molecule has 0 bridgehead atoms. The lowest BCUT2D eigenvalue weighted by Crippen LogP contribution is -2.37. The average molecular weight is 313 g/mol. The fraction of sp³-hybridized carbons (Fsp3) is 0.438. The highest BCUT2D eigenvalue weighted by Crippen LogP contribution is 2.26. The summed E-state index contributed by atoms with van der Waals surface area (Å²) in [6.07, 6.45) is 5.29. The largest absolute Gasteiger partial charge is 0.378 e. The van der Waals surface area contributed by atoms with Gasteiger partial charge >= 0.3 is 0 Å². The molecule has 4 rings (SSSR count). The van der Waals surface area contributed by atoms with E-state index in [-0.39, 0.29) is 5.91 Å². The number of fused-ring (bicyclic) bond motifs is 1. The third kappa shape index (κ3) is 2.68. The molecule has 2 aliphatic rings. The van der Waals surface area contributed by atoms with Gasteiger partial charge in [0.1, 0.15) is 5.69 Å². The van der Waals surface area contributed by atoms with Crippen molar-refractivity contribution >= 4 is 17.3 Å². The first-order valence-electron chi connectivity index (χ1n) is 7.96. The van der Waals surface area contributed by atoms with Crippen molar-refractivity contribution in [1.82, 2.24) is 15.2 Å². The number of anilines is 2. The Balaban J connectivity index is 1.60. The van der Waals surface area contributed by atoms with Crippen LogP contribution in [-0.4, -0.2) is 53.9 Å². The molecule has 4 heterocycles. The molecule has 2 aromatic rings. The molecule has 7 heteroatoms. The Bertz CT molecular complexity index is 708. The summed E-state index contributed by atoms with van der Waals surface area (Å²) in [5.74, 6) is -0.0672. The number of carbonyl (C=O) groups is 1. The topological polar surface area (TPSA) is 74.4 Å². The van der Waals surface area contributed by atoms with Gasteiger partial charge in [0.25, 0.3) is 5.91 Å². The molecular formula is C16H19N5O2. The second-order valence-electron chi connectivity index (χ2n) is 5.79. The van der Waals surface area contributed by atoms with Gasteiger partial charge in [0.05, 0.1) is 30.8 Å². The van der Waals surface area contributed by atoms with Gasteiger partial charge in [0, 0.05) is 31.5 Å². The first-order chi connectivity index (χ1) is 11.3. The molecule has 0 atom stereocenters. The number of nitrogens with zero attached hydrogens (tertiary/aromatic N) is 4. The summed E-state index contributed by atoms with van der Waals surface area (Å²) in [6, 6.07) is 3.82. The van der Waals surface area contributed by atoms with Gasteiger partial charge in [0.2, 0.25) is 0 Å². The molecule has 0 aromatic carbocycles. The number of hydrogen-bond donors (Lipinski definition) is 1. The van der Waals surface area contributed by atoms with Crippen LogP contribution in [0.1, 0.15) is 22.6 Å². The van der Waals surface area contributed by atoms with Crippen molar-refractivity contribution < 1.29 is 9.53 Å². The van der Waals surface area contributed by atoms with Crippen molar-refractivity contribution in [3.63, 3.8) is 0 Å². The van der Waals surface area contributed by atoms with Gasteiger partial charge < -0.3 is 14.5 Å². The van der Waals surface area contributed by atoms with Crippen molar-refractivity contribution in [3.05, 3.63) is 35.9 Å². The van der Waals surface area contributed by atoms with Crippen LogP contribution >= 0.6 is 0 Å². The number of rotatable bonds is 2. The Hall–Kier alpha value is -2.41. The second kappa shape index (κ2) is 6.00. The number of hydrogen-bond acceptors (Lipinski definition) is 5. The van der Waals surface area contributed by atoms with Crippen LogP contribution in [0.3, 0.4) is 0 Å². The zero-order valence-corrected chi connectivity index (χ0v) is 12.9. The smallest absolute Gasteiger partial charge is 0.277 e. The molecule has 2 aliphatic heterocycles. The first-order valence-corrected chi connectivity index (χ1v) is 7.96. The Kier molecular flexibility index (Phi) is 3.70. The number of aryl methyl sites for hydroxylation is 1. The number of nitrogens with one attached hydrogen (secondary N) is 1. The van der Waals surface area contributed by atoms with E-state index in [1.54, 1.807) is 17.3 Å². The highest BCUT2D eigenvalue weighted by atomic mass is 16.5. The number of morpholine rings is 1. The van der Waals surface area contributed by atoms with Crippen LogP contribution in [0.25, 0.3) is 0 Å². The summed E-state index contributed by atoms with van der Waals surface area (Å²) >= 11 is 0. The maximum atomic E-state index is 12.9. The van der Waals surface area contributed by atoms with Crippen LogP contribution < -0.4 is 9.80 Å². The van der Waals surface area contributed by atoms with Crippen molar-refractivity contribution in [2.45, 2.75) is 12.8 Å². The first kappa shape index (κ1) is 14.2.